The van der Waals surface area contributed by atoms with Crippen molar-refractivity contribution >= 4 is 11.9 Å². The van der Waals surface area contributed by atoms with Gasteiger partial charge >= 0.3 is 11.9 Å². The number of esters is 2. The Kier molecular flexibility index (Phi) is 2.95. The summed E-state index contributed by atoms with van der Waals surface area (Å²) in [6.45, 7) is 3.50. The van der Waals surface area contributed by atoms with Crippen molar-refractivity contribution in [1.82, 2.24) is 0 Å². The van der Waals surface area contributed by atoms with Gasteiger partial charge in [-0.15, -0.1) is 0 Å². The van der Waals surface area contributed by atoms with E-state index in [0.717, 1.165) is 5.57 Å². The molecule has 0 radical (unpaired) electrons. The topological polar surface area (TPSA) is 72.8 Å². The lowest BCUT2D eigenvalue weighted by Gasteiger charge is -2.23. The molecule has 2 aliphatic rings. The van der Waals surface area contributed by atoms with Crippen LogP contribution in [0.2, 0.25) is 0 Å². The average Bonchev–Trinajstić information content (AvgIpc) is 2.74. The van der Waals surface area contributed by atoms with Crippen LogP contribution in [0.25, 0.3) is 0 Å². The minimum atomic E-state index is -1.03. The van der Waals surface area contributed by atoms with Gasteiger partial charge in [-0.2, -0.15) is 0 Å². The molecule has 2 aliphatic heterocycles. The third-order valence-corrected chi connectivity index (χ3v) is 3.11. The normalized spacial score (nSPS) is 29.0. The number of carbonyl (C=O) groups excluding carboxylic acids is 2. The number of hydrogen-bond donors (Lipinski definition) is 1. The van der Waals surface area contributed by atoms with E-state index in [-0.39, 0.29) is 24.5 Å². The Morgan fingerprint density at radius 1 is 1.47 bits per heavy atom. The molecular formula is C12H16O5. The molecule has 0 bridgehead atoms. The summed E-state index contributed by atoms with van der Waals surface area (Å²) in [6.07, 6.45) is 1.90. The van der Waals surface area contributed by atoms with E-state index in [1.165, 1.54) is 6.08 Å². The number of aliphatic hydroxyl groups is 1. The first-order chi connectivity index (χ1) is 7.86. The van der Waals surface area contributed by atoms with Crippen LogP contribution in [0.15, 0.2) is 11.6 Å². The molecule has 2 heterocycles. The molecule has 2 atom stereocenters. The van der Waals surface area contributed by atoms with Gasteiger partial charge in [-0.05, 0) is 25.8 Å². The third kappa shape index (κ3) is 2.66. The van der Waals surface area contributed by atoms with Gasteiger partial charge in [0.25, 0.3) is 0 Å². The highest BCUT2D eigenvalue weighted by Gasteiger charge is 2.42. The Morgan fingerprint density at radius 3 is 2.65 bits per heavy atom. The second-order valence-corrected chi connectivity index (χ2v) is 5.13. The highest BCUT2D eigenvalue weighted by molar-refractivity contribution is 5.85. The summed E-state index contributed by atoms with van der Waals surface area (Å²) in [5, 5.41) is 9.79. The zero-order valence-electron chi connectivity index (χ0n) is 9.93. The molecule has 5 heteroatoms. The fourth-order valence-electron chi connectivity index (χ4n) is 2.09. The molecule has 0 aromatic carbocycles. The lowest BCUT2D eigenvalue weighted by molar-refractivity contribution is -0.152. The van der Waals surface area contributed by atoms with E-state index in [1.807, 2.05) is 0 Å². The first-order valence-electron chi connectivity index (χ1n) is 5.65. The molecule has 0 spiro atoms. The molecule has 0 amide bonds. The van der Waals surface area contributed by atoms with Crippen LogP contribution in [0.4, 0.5) is 0 Å². The SMILES string of the molecule is CC(C)(O)C1CC(CC2=CC(=O)OC2)C(=O)O1. The molecule has 0 aromatic rings. The Balaban J connectivity index is 1.97. The zero-order chi connectivity index (χ0) is 12.6. The van der Waals surface area contributed by atoms with Gasteiger partial charge in [0.2, 0.25) is 0 Å². The van der Waals surface area contributed by atoms with Crippen molar-refractivity contribution in [3.8, 4) is 0 Å². The minimum absolute atomic E-state index is 0.260. The van der Waals surface area contributed by atoms with Crippen LogP contribution >= 0.6 is 0 Å². The third-order valence-electron chi connectivity index (χ3n) is 3.11. The van der Waals surface area contributed by atoms with E-state index in [1.54, 1.807) is 13.8 Å². The first-order valence-corrected chi connectivity index (χ1v) is 5.65. The minimum Gasteiger partial charge on any atom is -0.459 e. The predicted octanol–water partition coefficient (Wildman–Crippen LogP) is 0.562. The molecule has 1 saturated heterocycles. The lowest BCUT2D eigenvalue weighted by atomic mass is 9.91. The van der Waals surface area contributed by atoms with Crippen LogP contribution in [0.3, 0.4) is 0 Å². The first kappa shape index (κ1) is 12.1. The van der Waals surface area contributed by atoms with Crippen LogP contribution in [-0.2, 0) is 19.1 Å². The number of hydrogen-bond acceptors (Lipinski definition) is 5. The van der Waals surface area contributed by atoms with E-state index in [4.69, 9.17) is 9.47 Å². The summed E-state index contributed by atoms with van der Waals surface area (Å²) in [4.78, 5) is 22.5. The molecular weight excluding hydrogens is 224 g/mol. The van der Waals surface area contributed by atoms with Gasteiger partial charge in [0.1, 0.15) is 12.7 Å². The van der Waals surface area contributed by atoms with Gasteiger partial charge in [0.15, 0.2) is 0 Å². The summed E-state index contributed by atoms with van der Waals surface area (Å²) in [7, 11) is 0. The maximum absolute atomic E-state index is 11.6. The van der Waals surface area contributed by atoms with E-state index >= 15 is 0 Å². The zero-order valence-corrected chi connectivity index (χ0v) is 9.93. The largest absolute Gasteiger partial charge is 0.459 e. The summed E-state index contributed by atoms with van der Waals surface area (Å²) in [5.74, 6) is -0.949. The van der Waals surface area contributed by atoms with Crippen molar-refractivity contribution in [2.24, 2.45) is 5.92 Å². The van der Waals surface area contributed by atoms with Crippen molar-refractivity contribution in [3.63, 3.8) is 0 Å². The fraction of sp³-hybridized carbons (Fsp3) is 0.667. The number of ether oxygens (including phenoxy) is 2. The van der Waals surface area contributed by atoms with Crippen molar-refractivity contribution in [1.29, 1.82) is 0 Å². The van der Waals surface area contributed by atoms with E-state index in [9.17, 15) is 14.7 Å². The van der Waals surface area contributed by atoms with Crippen LogP contribution in [-0.4, -0.2) is 35.4 Å². The van der Waals surface area contributed by atoms with Crippen LogP contribution in [0.5, 0.6) is 0 Å². The predicted molar refractivity (Wildman–Crippen MR) is 57.9 cm³/mol. The number of cyclic esters (lactones) is 2. The van der Waals surface area contributed by atoms with E-state index in [2.05, 4.69) is 0 Å². The smallest absolute Gasteiger partial charge is 0.331 e. The highest BCUT2D eigenvalue weighted by atomic mass is 16.6. The molecule has 2 rings (SSSR count). The second kappa shape index (κ2) is 4.14. The molecule has 0 aromatic heterocycles. The van der Waals surface area contributed by atoms with Crippen LogP contribution in [0, 0.1) is 5.92 Å². The van der Waals surface area contributed by atoms with E-state index < -0.39 is 11.7 Å². The van der Waals surface area contributed by atoms with Gasteiger partial charge < -0.3 is 14.6 Å². The van der Waals surface area contributed by atoms with Gasteiger partial charge in [-0.25, -0.2) is 4.79 Å². The van der Waals surface area contributed by atoms with Crippen molar-refractivity contribution in [2.45, 2.75) is 38.4 Å². The molecule has 0 saturated carbocycles. The lowest BCUT2D eigenvalue weighted by Crippen LogP contribution is -2.35. The van der Waals surface area contributed by atoms with Crippen molar-refractivity contribution in [2.75, 3.05) is 6.61 Å². The Bertz CT molecular complexity index is 377. The molecule has 1 fully saturated rings. The summed E-state index contributed by atoms with van der Waals surface area (Å²) >= 11 is 0. The Hall–Kier alpha value is -1.36. The number of carbonyl (C=O) groups is 2. The second-order valence-electron chi connectivity index (χ2n) is 5.13. The molecule has 94 valence electrons. The van der Waals surface area contributed by atoms with Crippen LogP contribution in [0.1, 0.15) is 26.7 Å². The van der Waals surface area contributed by atoms with Crippen LogP contribution < -0.4 is 0 Å². The molecule has 2 unspecified atom stereocenters. The maximum Gasteiger partial charge on any atom is 0.331 e. The maximum atomic E-state index is 11.6. The molecule has 17 heavy (non-hydrogen) atoms. The van der Waals surface area contributed by atoms with Crippen molar-refractivity contribution < 1.29 is 24.2 Å². The van der Waals surface area contributed by atoms with Gasteiger partial charge in [0, 0.05) is 12.5 Å². The summed E-state index contributed by atoms with van der Waals surface area (Å²) in [6, 6.07) is 0. The van der Waals surface area contributed by atoms with Crippen molar-refractivity contribution in [3.05, 3.63) is 11.6 Å². The number of rotatable bonds is 3. The van der Waals surface area contributed by atoms with Gasteiger partial charge in [-0.1, -0.05) is 0 Å². The van der Waals surface area contributed by atoms with E-state index in [0.29, 0.717) is 12.8 Å². The van der Waals surface area contributed by atoms with Gasteiger partial charge in [-0.3, -0.25) is 4.79 Å². The average molecular weight is 240 g/mol. The molecule has 5 nitrogen and oxygen atoms in total. The molecule has 0 aliphatic carbocycles. The monoisotopic (exact) mass is 240 g/mol. The van der Waals surface area contributed by atoms with Gasteiger partial charge in [0.05, 0.1) is 11.5 Å². The quantitative estimate of drug-likeness (QED) is 0.730. The summed E-state index contributed by atoms with van der Waals surface area (Å²) in [5.41, 5.74) is -0.214. The molecule has 1 N–H and O–H groups in total. The fourth-order valence-corrected chi connectivity index (χ4v) is 2.09. The Morgan fingerprint density at radius 2 is 2.18 bits per heavy atom. The Labute approximate surface area is 99.4 Å². The standard InChI is InChI=1S/C12H16O5/c1-12(2,15)9-5-8(11(14)17-9)3-7-4-10(13)16-6-7/h4,8-9,15H,3,5-6H2,1-2H3. The summed E-state index contributed by atoms with van der Waals surface area (Å²) < 4.78 is 9.91. The highest BCUT2D eigenvalue weighted by Crippen LogP contribution is 2.33.